The maximum atomic E-state index is 13.6. The van der Waals surface area contributed by atoms with Crippen molar-refractivity contribution in [1.29, 1.82) is 0 Å². The molecule has 2 aromatic heterocycles. The minimum absolute atomic E-state index is 0.185. The average Bonchev–Trinajstić information content (AvgIpc) is 3.64. The Kier molecular flexibility index (Phi) is 6.78. The van der Waals surface area contributed by atoms with Crippen LogP contribution in [0, 0.1) is 17.7 Å². The van der Waals surface area contributed by atoms with Crippen LogP contribution in [0.1, 0.15) is 58.9 Å². The highest BCUT2D eigenvalue weighted by Crippen LogP contribution is 2.48. The van der Waals surface area contributed by atoms with Crippen LogP contribution >= 0.6 is 0 Å². The van der Waals surface area contributed by atoms with E-state index in [2.05, 4.69) is 22.5 Å². The molecule has 4 aromatic rings. The molecule has 3 fully saturated rings. The maximum Gasteiger partial charge on any atom is 0.257 e. The zero-order valence-electron chi connectivity index (χ0n) is 22.8. The van der Waals surface area contributed by atoms with Gasteiger partial charge in [-0.2, -0.15) is 0 Å². The lowest BCUT2D eigenvalue weighted by Gasteiger charge is -2.24. The second-order valence-electron chi connectivity index (χ2n) is 10.8. The molecule has 1 atom stereocenters. The molecule has 0 spiro atoms. The molecule has 3 aliphatic rings. The first-order valence-electron chi connectivity index (χ1n) is 13.8. The number of carbonyl (C=O) groups is 2. The Bertz CT molecular complexity index is 1600. The largest absolute Gasteiger partial charge is 0.480 e. The fraction of sp³-hybridized carbons (Fsp3) is 0.344. The smallest absolute Gasteiger partial charge is 0.257 e. The fourth-order valence-electron chi connectivity index (χ4n) is 6.29. The lowest BCUT2D eigenvalue weighted by atomic mass is 9.84. The van der Waals surface area contributed by atoms with E-state index in [-0.39, 0.29) is 29.6 Å². The number of hydrogen-bond acceptors (Lipinski definition) is 5. The molecule has 0 saturated heterocycles. The molecular weight excluding hydrogens is 509 g/mol. The number of ether oxygens (including phenoxy) is 1. The summed E-state index contributed by atoms with van der Waals surface area (Å²) < 4.78 is 25.3. The highest BCUT2D eigenvalue weighted by Gasteiger charge is 2.45. The predicted octanol–water partition coefficient (Wildman–Crippen LogP) is 6.15. The number of benzene rings is 2. The molecule has 0 radical (unpaired) electrons. The van der Waals surface area contributed by atoms with Gasteiger partial charge in [-0.3, -0.25) is 9.59 Å². The zero-order chi connectivity index (χ0) is 28.0. The summed E-state index contributed by atoms with van der Waals surface area (Å²) in [6, 6.07) is 11.8. The number of furan rings is 1. The molecular formula is C32H32FN3O4. The van der Waals surface area contributed by atoms with Crippen LogP contribution in [0.5, 0.6) is 5.88 Å². The normalized spacial score (nSPS) is 19.4. The van der Waals surface area contributed by atoms with Crippen LogP contribution in [0.2, 0.25) is 0 Å². The molecule has 8 heteroatoms. The van der Waals surface area contributed by atoms with Gasteiger partial charge in [-0.15, -0.1) is 0 Å². The van der Waals surface area contributed by atoms with E-state index in [1.54, 1.807) is 25.4 Å². The number of aromatic nitrogens is 1. The second-order valence-corrected chi connectivity index (χ2v) is 10.8. The summed E-state index contributed by atoms with van der Waals surface area (Å²) in [5, 5.41) is 6.54. The highest BCUT2D eigenvalue weighted by molar-refractivity contribution is 6.12. The number of amides is 2. The van der Waals surface area contributed by atoms with Crippen LogP contribution in [-0.2, 0) is 6.42 Å². The number of nitrogens with zero attached hydrogens (tertiary/aromatic N) is 1. The Morgan fingerprint density at radius 3 is 2.50 bits per heavy atom. The molecule has 2 bridgehead atoms. The third kappa shape index (κ3) is 4.51. The number of rotatable bonds is 8. The summed E-state index contributed by atoms with van der Waals surface area (Å²) in [4.78, 5) is 31.0. The van der Waals surface area contributed by atoms with Crippen molar-refractivity contribution in [2.24, 2.45) is 11.8 Å². The highest BCUT2D eigenvalue weighted by atomic mass is 19.1. The molecule has 2 amide bonds. The summed E-state index contributed by atoms with van der Waals surface area (Å²) in [5.74, 6) is 1.08. The monoisotopic (exact) mass is 541 g/mol. The molecule has 2 heterocycles. The van der Waals surface area contributed by atoms with E-state index in [1.165, 1.54) is 32.1 Å². The van der Waals surface area contributed by atoms with E-state index in [0.29, 0.717) is 39.3 Å². The molecule has 3 saturated carbocycles. The van der Waals surface area contributed by atoms with Gasteiger partial charge in [0.2, 0.25) is 5.88 Å². The van der Waals surface area contributed by atoms with Gasteiger partial charge in [-0.25, -0.2) is 9.37 Å². The topological polar surface area (TPSA) is 93.5 Å². The molecule has 0 aliphatic heterocycles. The van der Waals surface area contributed by atoms with Crippen molar-refractivity contribution < 1.29 is 23.1 Å². The number of hydrogen-bond donors (Lipinski definition) is 2. The van der Waals surface area contributed by atoms with Gasteiger partial charge in [0, 0.05) is 35.8 Å². The number of carbonyl (C=O) groups excluding carboxylic acids is 2. The van der Waals surface area contributed by atoms with Crippen LogP contribution in [0.4, 0.5) is 4.39 Å². The predicted molar refractivity (Wildman–Crippen MR) is 151 cm³/mol. The maximum absolute atomic E-state index is 13.6. The number of aryl methyl sites for hydroxylation is 1. The lowest BCUT2D eigenvalue weighted by molar-refractivity contribution is 0.0923. The molecule has 206 valence electrons. The molecule has 40 heavy (non-hydrogen) atoms. The van der Waals surface area contributed by atoms with Crippen molar-refractivity contribution in [2.75, 3.05) is 14.2 Å². The van der Waals surface area contributed by atoms with Crippen molar-refractivity contribution >= 4 is 22.8 Å². The van der Waals surface area contributed by atoms with Crippen LogP contribution in [-0.4, -0.2) is 37.0 Å². The number of nitrogens with one attached hydrogen (secondary N) is 2. The van der Waals surface area contributed by atoms with Gasteiger partial charge in [-0.1, -0.05) is 13.3 Å². The minimum atomic E-state index is -0.370. The summed E-state index contributed by atoms with van der Waals surface area (Å²) in [6.45, 7) is 2.09. The van der Waals surface area contributed by atoms with Gasteiger partial charge in [0.25, 0.3) is 11.8 Å². The number of fused-ring (bicyclic) bond motifs is 2. The van der Waals surface area contributed by atoms with Gasteiger partial charge in [0.1, 0.15) is 22.7 Å². The standard InChI is InChI=1S/C32H32FN3O4/c1-4-5-19-14-27-24(28(31(38)34-2)29(40-27)18-6-8-22(33)9-7-18)15-23(19)21-13-25(32(39-3)35-16-21)30(37)36-26-12-17-10-20(26)11-17/h6-9,13-17,20,26H,4-5,10-12H2,1-3H3,(H,34,38)(H,36,37). The molecule has 7 nitrogen and oxygen atoms in total. The average molecular weight is 542 g/mol. The third-order valence-corrected chi connectivity index (χ3v) is 8.34. The van der Waals surface area contributed by atoms with E-state index in [0.717, 1.165) is 41.9 Å². The molecule has 2 N–H and O–H groups in total. The van der Waals surface area contributed by atoms with Crippen LogP contribution in [0.3, 0.4) is 0 Å². The molecule has 1 unspecified atom stereocenters. The van der Waals surface area contributed by atoms with Crippen molar-refractivity contribution in [3.05, 3.63) is 71.2 Å². The Hall–Kier alpha value is -4.20. The third-order valence-electron chi connectivity index (χ3n) is 8.34. The lowest BCUT2D eigenvalue weighted by Crippen LogP contribution is -2.36. The second kappa shape index (κ2) is 10.4. The van der Waals surface area contributed by atoms with Crippen LogP contribution in [0.15, 0.2) is 53.1 Å². The number of pyridine rings is 1. The summed E-state index contributed by atoms with van der Waals surface area (Å²) in [7, 11) is 3.08. The Balaban J connectivity index is 1.47. The van der Waals surface area contributed by atoms with Crippen molar-refractivity contribution in [2.45, 2.75) is 45.1 Å². The Morgan fingerprint density at radius 2 is 1.85 bits per heavy atom. The summed E-state index contributed by atoms with van der Waals surface area (Å²) in [6.07, 6.45) is 6.75. The van der Waals surface area contributed by atoms with Crippen LogP contribution in [0.25, 0.3) is 33.4 Å². The molecule has 3 aliphatic carbocycles. The quantitative estimate of drug-likeness (QED) is 0.279. The Labute approximate surface area is 232 Å². The SMILES string of the molecule is CCCc1cc2oc(-c3ccc(F)cc3)c(C(=O)NC)c2cc1-c1cnc(OC)c(C(=O)NC2CC3CC2C3)c1. The molecule has 2 aromatic carbocycles. The zero-order valence-corrected chi connectivity index (χ0v) is 22.8. The van der Waals surface area contributed by atoms with Crippen LogP contribution < -0.4 is 15.4 Å². The minimum Gasteiger partial charge on any atom is -0.480 e. The van der Waals surface area contributed by atoms with Crippen molar-refractivity contribution in [3.63, 3.8) is 0 Å². The van der Waals surface area contributed by atoms with E-state index < -0.39 is 0 Å². The summed E-state index contributed by atoms with van der Waals surface area (Å²) >= 11 is 0. The Morgan fingerprint density at radius 1 is 1.07 bits per heavy atom. The van der Waals surface area contributed by atoms with E-state index >= 15 is 0 Å². The van der Waals surface area contributed by atoms with Crippen molar-refractivity contribution in [1.82, 2.24) is 15.6 Å². The first-order chi connectivity index (χ1) is 19.4. The number of halogens is 1. The first-order valence-corrected chi connectivity index (χ1v) is 13.8. The van der Waals surface area contributed by atoms with E-state index in [1.807, 2.05) is 18.2 Å². The van der Waals surface area contributed by atoms with Crippen molar-refractivity contribution in [3.8, 4) is 28.3 Å². The van der Waals surface area contributed by atoms with Gasteiger partial charge in [0.05, 0.1) is 12.7 Å². The first kappa shape index (κ1) is 26.0. The van der Waals surface area contributed by atoms with Gasteiger partial charge < -0.3 is 19.8 Å². The fourth-order valence-corrected chi connectivity index (χ4v) is 6.29. The van der Waals surface area contributed by atoms with Gasteiger partial charge >= 0.3 is 0 Å². The summed E-state index contributed by atoms with van der Waals surface area (Å²) in [5.41, 5.74) is 4.53. The molecule has 7 rings (SSSR count). The number of methoxy groups -OCH3 is 1. The van der Waals surface area contributed by atoms with Gasteiger partial charge in [-0.05, 0) is 91.1 Å². The van der Waals surface area contributed by atoms with Gasteiger partial charge in [0.15, 0.2) is 0 Å². The van der Waals surface area contributed by atoms with E-state index in [4.69, 9.17) is 9.15 Å². The van der Waals surface area contributed by atoms with E-state index in [9.17, 15) is 14.0 Å².